The van der Waals surface area contributed by atoms with Crippen LogP contribution >= 0.6 is 0 Å². The number of benzene rings is 3. The van der Waals surface area contributed by atoms with Crippen LogP contribution in [0.2, 0.25) is 0 Å². The second kappa shape index (κ2) is 8.37. The molecule has 3 aromatic rings. The Bertz CT molecular complexity index is 1180. The Morgan fingerprint density at radius 3 is 2.41 bits per heavy atom. The topological polar surface area (TPSA) is 67.9 Å². The van der Waals surface area contributed by atoms with E-state index in [1.165, 1.54) is 41.3 Å². The van der Waals surface area contributed by atoms with E-state index in [1.807, 2.05) is 30.3 Å². The third-order valence-electron chi connectivity index (χ3n) is 5.35. The summed E-state index contributed by atoms with van der Waals surface area (Å²) in [6, 6.07) is 19.1. The Kier molecular flexibility index (Phi) is 5.61. The van der Waals surface area contributed by atoms with Gasteiger partial charge in [0.2, 0.25) is 0 Å². The van der Waals surface area contributed by atoms with E-state index >= 15 is 0 Å². The minimum atomic E-state index is -2.99. The van der Waals surface area contributed by atoms with Crippen molar-refractivity contribution in [3.63, 3.8) is 0 Å². The highest BCUT2D eigenvalue weighted by Gasteiger charge is 2.51. The van der Waals surface area contributed by atoms with Crippen molar-refractivity contribution in [1.82, 2.24) is 4.90 Å². The van der Waals surface area contributed by atoms with E-state index in [1.54, 1.807) is 13.0 Å². The predicted octanol–water partition coefficient (Wildman–Crippen LogP) is 4.34. The fourth-order valence-corrected chi connectivity index (χ4v) is 3.86. The van der Waals surface area contributed by atoms with Gasteiger partial charge < -0.3 is 10.5 Å². The first-order valence-electron chi connectivity index (χ1n) is 9.84. The van der Waals surface area contributed by atoms with Crippen molar-refractivity contribution < 1.29 is 22.7 Å². The number of carbonyl (C=O) groups excluding carboxylic acids is 1. The van der Waals surface area contributed by atoms with Crippen molar-refractivity contribution in [3.05, 3.63) is 101 Å². The molecule has 0 spiro atoms. The Balaban J connectivity index is 1.84. The zero-order valence-corrected chi connectivity index (χ0v) is 17.1. The van der Waals surface area contributed by atoms with E-state index in [-0.39, 0.29) is 23.8 Å². The van der Waals surface area contributed by atoms with Crippen LogP contribution in [-0.2, 0) is 16.9 Å². The number of aliphatic imine (C=N–C) groups is 1. The molecule has 8 heteroatoms. The molecule has 0 aliphatic carbocycles. The van der Waals surface area contributed by atoms with E-state index < -0.39 is 23.9 Å². The molecule has 32 heavy (non-hydrogen) atoms. The maximum Gasteiger partial charge on any atom is 0.387 e. The van der Waals surface area contributed by atoms with E-state index in [2.05, 4.69) is 9.73 Å². The van der Waals surface area contributed by atoms with Crippen LogP contribution in [0.1, 0.15) is 22.3 Å². The zero-order valence-electron chi connectivity index (χ0n) is 17.1. The largest absolute Gasteiger partial charge is 0.435 e. The molecule has 0 bridgehead atoms. The average molecular weight is 439 g/mol. The number of nitrogens with zero attached hydrogens (tertiary/aromatic N) is 2. The van der Waals surface area contributed by atoms with Crippen LogP contribution in [-0.4, -0.2) is 23.4 Å². The molecule has 1 aliphatic rings. The third-order valence-corrected chi connectivity index (χ3v) is 5.35. The molecule has 164 valence electrons. The molecule has 5 nitrogen and oxygen atoms in total. The quantitative estimate of drug-likeness (QED) is 0.622. The number of guanidine groups is 1. The average Bonchev–Trinajstić information content (AvgIpc) is 3.01. The van der Waals surface area contributed by atoms with Gasteiger partial charge in [-0.3, -0.25) is 9.69 Å². The van der Waals surface area contributed by atoms with E-state index in [9.17, 15) is 18.0 Å². The number of nitrogens with two attached hydrogens (primary N) is 1. The van der Waals surface area contributed by atoms with Gasteiger partial charge in [-0.05, 0) is 53.4 Å². The minimum Gasteiger partial charge on any atom is -0.435 e. The number of alkyl halides is 2. The van der Waals surface area contributed by atoms with Crippen molar-refractivity contribution in [3.8, 4) is 5.75 Å². The van der Waals surface area contributed by atoms with E-state index in [4.69, 9.17) is 5.73 Å². The fraction of sp³-hybridized carbons (Fsp3) is 0.167. The smallest absolute Gasteiger partial charge is 0.387 e. The number of hydrogen-bond donors (Lipinski definition) is 1. The Hall–Kier alpha value is -3.81. The highest BCUT2D eigenvalue weighted by molar-refractivity contribution is 6.09. The summed E-state index contributed by atoms with van der Waals surface area (Å²) in [4.78, 5) is 19.6. The van der Waals surface area contributed by atoms with Crippen LogP contribution in [0, 0.1) is 12.7 Å². The number of hydrogen-bond acceptors (Lipinski definition) is 4. The lowest BCUT2D eigenvalue weighted by atomic mass is 9.82. The molecule has 0 fully saturated rings. The Morgan fingerprint density at radius 1 is 1.03 bits per heavy atom. The van der Waals surface area contributed by atoms with Gasteiger partial charge in [0.1, 0.15) is 11.6 Å². The van der Waals surface area contributed by atoms with Crippen molar-refractivity contribution in [1.29, 1.82) is 0 Å². The standard InChI is InChI=1S/C24H20F3N3O2/c1-15-12-18(10-11-20(15)32-22(26)27)24(17-8-5-9-19(25)13-17)21(31)30(23(28)29-24)14-16-6-3-2-4-7-16/h2-13,22H,14H2,1H3,(H2,28,29). The first kappa shape index (κ1) is 21.4. The summed E-state index contributed by atoms with van der Waals surface area (Å²) in [6.07, 6.45) is 0. The van der Waals surface area contributed by atoms with Crippen molar-refractivity contribution >= 4 is 11.9 Å². The molecule has 1 aliphatic heterocycles. The third kappa shape index (κ3) is 3.79. The van der Waals surface area contributed by atoms with Crippen LogP contribution in [0.3, 0.4) is 0 Å². The molecule has 1 amide bonds. The van der Waals surface area contributed by atoms with Crippen LogP contribution in [0.15, 0.2) is 77.8 Å². The molecule has 1 atom stereocenters. The lowest BCUT2D eigenvalue weighted by Gasteiger charge is -2.28. The SMILES string of the molecule is Cc1cc(C2(c3cccc(F)c3)N=C(N)N(Cc3ccccc3)C2=O)ccc1OC(F)F. The summed E-state index contributed by atoms with van der Waals surface area (Å²) in [5, 5.41) is 0. The molecule has 3 aromatic carbocycles. The van der Waals surface area contributed by atoms with Gasteiger partial charge in [0.25, 0.3) is 5.91 Å². The molecular formula is C24H20F3N3O2. The number of aryl methyl sites for hydroxylation is 1. The first-order chi connectivity index (χ1) is 15.3. The predicted molar refractivity (Wildman–Crippen MR) is 114 cm³/mol. The second-order valence-electron chi connectivity index (χ2n) is 7.43. The van der Waals surface area contributed by atoms with Crippen LogP contribution in [0.5, 0.6) is 5.75 Å². The summed E-state index contributed by atoms with van der Waals surface area (Å²) in [6.45, 7) is -1.23. The molecule has 1 heterocycles. The number of rotatable bonds is 6. The van der Waals surface area contributed by atoms with Gasteiger partial charge in [-0.25, -0.2) is 9.38 Å². The Morgan fingerprint density at radius 2 is 1.75 bits per heavy atom. The highest BCUT2D eigenvalue weighted by Crippen LogP contribution is 2.41. The molecule has 1 unspecified atom stereocenters. The second-order valence-corrected chi connectivity index (χ2v) is 7.43. The molecule has 0 aromatic heterocycles. The van der Waals surface area contributed by atoms with Crippen LogP contribution < -0.4 is 10.5 Å². The van der Waals surface area contributed by atoms with E-state index in [0.29, 0.717) is 11.1 Å². The van der Waals surface area contributed by atoms with Gasteiger partial charge in [0.05, 0.1) is 6.54 Å². The molecular weight excluding hydrogens is 419 g/mol. The fourth-order valence-electron chi connectivity index (χ4n) is 3.86. The Labute approximate surface area is 182 Å². The molecule has 4 rings (SSSR count). The maximum atomic E-state index is 14.2. The summed E-state index contributed by atoms with van der Waals surface area (Å²) in [7, 11) is 0. The normalized spacial score (nSPS) is 18.2. The van der Waals surface area contributed by atoms with Crippen molar-refractivity contribution in [2.45, 2.75) is 25.6 Å². The van der Waals surface area contributed by atoms with Crippen molar-refractivity contribution in [2.75, 3.05) is 0 Å². The van der Waals surface area contributed by atoms with Crippen LogP contribution in [0.4, 0.5) is 13.2 Å². The monoisotopic (exact) mass is 439 g/mol. The molecule has 0 radical (unpaired) electrons. The number of carbonyl (C=O) groups is 1. The number of ether oxygens (including phenoxy) is 1. The van der Waals surface area contributed by atoms with Gasteiger partial charge in [-0.15, -0.1) is 0 Å². The van der Waals surface area contributed by atoms with Gasteiger partial charge >= 0.3 is 6.61 Å². The van der Waals surface area contributed by atoms with Gasteiger partial charge in [-0.2, -0.15) is 8.78 Å². The minimum absolute atomic E-state index is 0.0197. The van der Waals surface area contributed by atoms with E-state index in [0.717, 1.165) is 5.56 Å². The first-order valence-corrected chi connectivity index (χ1v) is 9.84. The summed E-state index contributed by atoms with van der Waals surface area (Å²) in [5.41, 5.74) is 6.38. The molecule has 2 N–H and O–H groups in total. The van der Waals surface area contributed by atoms with Gasteiger partial charge in [0.15, 0.2) is 11.5 Å². The molecule has 0 saturated carbocycles. The lowest BCUT2D eigenvalue weighted by Crippen LogP contribution is -2.43. The van der Waals surface area contributed by atoms with Gasteiger partial charge in [-0.1, -0.05) is 48.5 Å². The summed E-state index contributed by atoms with van der Waals surface area (Å²) < 4.78 is 44.1. The molecule has 0 saturated heterocycles. The maximum absolute atomic E-state index is 14.2. The van der Waals surface area contributed by atoms with Crippen LogP contribution in [0.25, 0.3) is 0 Å². The lowest BCUT2D eigenvalue weighted by molar-refractivity contribution is -0.130. The van der Waals surface area contributed by atoms with Gasteiger partial charge in [0, 0.05) is 0 Å². The highest BCUT2D eigenvalue weighted by atomic mass is 19.3. The summed E-state index contributed by atoms with van der Waals surface area (Å²) in [5.74, 6) is -1.05. The van der Waals surface area contributed by atoms with Crippen molar-refractivity contribution in [2.24, 2.45) is 10.7 Å². The number of amides is 1. The zero-order chi connectivity index (χ0) is 22.9. The number of halogens is 3. The summed E-state index contributed by atoms with van der Waals surface area (Å²) >= 11 is 0.